The molecule has 0 bridgehead atoms. The van der Waals surface area contributed by atoms with Gasteiger partial charge >= 0.3 is 0 Å². The molecule has 0 aromatic carbocycles. The monoisotopic (exact) mass is 240 g/mol. The van der Waals surface area contributed by atoms with E-state index in [1.165, 1.54) is 57.4 Å². The van der Waals surface area contributed by atoms with Crippen molar-refractivity contribution >= 4 is 8.07 Å². The smallest absolute Gasteiger partial charge is 0.0480 e. The molecule has 0 spiro atoms. The molecule has 0 unspecified atom stereocenters. The van der Waals surface area contributed by atoms with Crippen LogP contribution in [0.4, 0.5) is 0 Å². The first-order valence-corrected chi connectivity index (χ1v) is 10.9. The molecule has 0 nitrogen and oxygen atoms in total. The maximum atomic E-state index is 2.44. The van der Waals surface area contributed by atoms with E-state index in [2.05, 4.69) is 38.7 Å². The molecule has 0 aliphatic rings. The van der Waals surface area contributed by atoms with Gasteiger partial charge in [0.15, 0.2) is 0 Å². The van der Waals surface area contributed by atoms with Gasteiger partial charge in [-0.2, -0.15) is 0 Å². The zero-order valence-electron chi connectivity index (χ0n) is 12.0. The van der Waals surface area contributed by atoms with E-state index in [9.17, 15) is 0 Å². The van der Waals surface area contributed by atoms with E-state index < -0.39 is 8.07 Å². The number of rotatable bonds is 10. The molecule has 0 fully saturated rings. The van der Waals surface area contributed by atoms with E-state index in [0.29, 0.717) is 0 Å². The van der Waals surface area contributed by atoms with E-state index in [-0.39, 0.29) is 0 Å². The summed E-state index contributed by atoms with van der Waals surface area (Å²) >= 11 is 0. The highest BCUT2D eigenvalue weighted by atomic mass is 28.3. The van der Waals surface area contributed by atoms with Crippen LogP contribution in [0.5, 0.6) is 0 Å². The third kappa shape index (κ3) is 14.0. The van der Waals surface area contributed by atoms with Crippen molar-refractivity contribution in [1.29, 1.82) is 0 Å². The second kappa shape index (κ2) is 10.1. The minimum atomic E-state index is -0.834. The number of hydrogen-bond acceptors (Lipinski definition) is 0. The van der Waals surface area contributed by atoms with Gasteiger partial charge in [-0.15, -0.1) is 0 Å². The van der Waals surface area contributed by atoms with Crippen molar-refractivity contribution in [3.05, 3.63) is 12.2 Å². The molecule has 0 heterocycles. The fourth-order valence-electron chi connectivity index (χ4n) is 1.77. The predicted octanol–water partition coefficient (Wildman–Crippen LogP) is 6.02. The van der Waals surface area contributed by atoms with Crippen LogP contribution in [0.15, 0.2) is 12.2 Å². The summed E-state index contributed by atoms with van der Waals surface area (Å²) in [5.41, 5.74) is 0. The molecule has 0 atom stereocenters. The Hall–Kier alpha value is -0.0431. The second-order valence-corrected chi connectivity index (χ2v) is 11.7. The molecule has 0 saturated heterocycles. The van der Waals surface area contributed by atoms with Gasteiger partial charge in [0.25, 0.3) is 0 Å². The zero-order valence-corrected chi connectivity index (χ0v) is 13.0. The molecule has 0 aliphatic carbocycles. The van der Waals surface area contributed by atoms with Gasteiger partial charge in [0, 0.05) is 8.07 Å². The third-order valence-electron chi connectivity index (χ3n) is 2.87. The number of allylic oxidation sites excluding steroid dienone is 2. The van der Waals surface area contributed by atoms with Crippen LogP contribution in [0, 0.1) is 0 Å². The Kier molecular flexibility index (Phi) is 10.1. The van der Waals surface area contributed by atoms with E-state index >= 15 is 0 Å². The Morgan fingerprint density at radius 2 is 1.31 bits per heavy atom. The van der Waals surface area contributed by atoms with Gasteiger partial charge in [-0.1, -0.05) is 77.2 Å². The minimum absolute atomic E-state index is 0.834. The third-order valence-corrected chi connectivity index (χ3v) is 4.33. The fourth-order valence-corrected chi connectivity index (χ4v) is 2.65. The van der Waals surface area contributed by atoms with Gasteiger partial charge in [-0.25, -0.2) is 0 Å². The van der Waals surface area contributed by atoms with Crippen molar-refractivity contribution in [2.24, 2.45) is 0 Å². The molecule has 16 heavy (non-hydrogen) atoms. The quantitative estimate of drug-likeness (QED) is 0.249. The summed E-state index contributed by atoms with van der Waals surface area (Å²) in [6.07, 6.45) is 16.1. The average molecular weight is 241 g/mol. The Morgan fingerprint density at radius 1 is 0.750 bits per heavy atom. The number of hydrogen-bond donors (Lipinski definition) is 0. The van der Waals surface area contributed by atoms with E-state index in [4.69, 9.17) is 0 Å². The van der Waals surface area contributed by atoms with Gasteiger partial charge in [-0.05, 0) is 18.9 Å². The summed E-state index contributed by atoms with van der Waals surface area (Å²) in [5.74, 6) is 0. The normalized spacial score (nSPS) is 12.5. The van der Waals surface area contributed by atoms with Gasteiger partial charge in [0.2, 0.25) is 0 Å². The minimum Gasteiger partial charge on any atom is -0.0912 e. The fraction of sp³-hybridized carbons (Fsp3) is 0.867. The molecule has 0 saturated carbocycles. The van der Waals surface area contributed by atoms with E-state index in [1.54, 1.807) is 0 Å². The first-order valence-electron chi connectivity index (χ1n) is 7.21. The molecule has 0 N–H and O–H groups in total. The molecule has 0 amide bonds. The lowest BCUT2D eigenvalue weighted by Gasteiger charge is -2.11. The van der Waals surface area contributed by atoms with Crippen LogP contribution in [-0.4, -0.2) is 8.07 Å². The summed E-state index contributed by atoms with van der Waals surface area (Å²) < 4.78 is 0. The molecule has 96 valence electrons. The van der Waals surface area contributed by atoms with Crippen LogP contribution in [0.3, 0.4) is 0 Å². The van der Waals surface area contributed by atoms with Crippen molar-refractivity contribution in [3.63, 3.8) is 0 Å². The highest BCUT2D eigenvalue weighted by molar-refractivity contribution is 6.76. The molecule has 0 rings (SSSR count). The van der Waals surface area contributed by atoms with Crippen molar-refractivity contribution in [2.75, 3.05) is 0 Å². The molecule has 0 aromatic rings. The standard InChI is InChI=1S/C15H32Si/c1-5-6-7-8-9-10-11-12-13-14-15-16(2,3)4/h13-14H,5-12,15H2,1-4H3. The van der Waals surface area contributed by atoms with Crippen LogP contribution in [0.2, 0.25) is 25.7 Å². The Labute approximate surface area is 105 Å². The lowest BCUT2D eigenvalue weighted by Crippen LogP contribution is -2.17. The molecule has 1 heteroatoms. The van der Waals surface area contributed by atoms with Crippen molar-refractivity contribution in [3.8, 4) is 0 Å². The first kappa shape index (κ1) is 16.0. The van der Waals surface area contributed by atoms with Crippen molar-refractivity contribution < 1.29 is 0 Å². The molecular formula is C15H32Si. The Balaban J connectivity index is 3.15. The molecular weight excluding hydrogens is 208 g/mol. The average Bonchev–Trinajstić information content (AvgIpc) is 2.19. The summed E-state index contributed by atoms with van der Waals surface area (Å²) in [7, 11) is -0.834. The van der Waals surface area contributed by atoms with Crippen molar-refractivity contribution in [1.82, 2.24) is 0 Å². The highest BCUT2D eigenvalue weighted by Gasteiger charge is 2.08. The summed E-state index contributed by atoms with van der Waals surface area (Å²) in [6, 6.07) is 1.35. The summed E-state index contributed by atoms with van der Waals surface area (Å²) in [5, 5.41) is 0. The SMILES string of the molecule is CCCCCCCCCC=CC[Si](C)(C)C. The second-order valence-electron chi connectivity index (χ2n) is 6.15. The van der Waals surface area contributed by atoms with Crippen LogP contribution < -0.4 is 0 Å². The lowest BCUT2D eigenvalue weighted by molar-refractivity contribution is 0.592. The molecule has 0 aliphatic heterocycles. The van der Waals surface area contributed by atoms with Gasteiger partial charge in [0.05, 0.1) is 0 Å². The van der Waals surface area contributed by atoms with E-state index in [0.717, 1.165) is 0 Å². The van der Waals surface area contributed by atoms with Gasteiger partial charge in [0.1, 0.15) is 0 Å². The molecule has 0 aromatic heterocycles. The van der Waals surface area contributed by atoms with Crippen LogP contribution in [-0.2, 0) is 0 Å². The van der Waals surface area contributed by atoms with Crippen LogP contribution >= 0.6 is 0 Å². The Morgan fingerprint density at radius 3 is 1.88 bits per heavy atom. The van der Waals surface area contributed by atoms with Gasteiger partial charge < -0.3 is 0 Å². The predicted molar refractivity (Wildman–Crippen MR) is 79.9 cm³/mol. The summed E-state index contributed by atoms with van der Waals surface area (Å²) in [6.45, 7) is 9.59. The maximum absolute atomic E-state index is 2.44. The largest absolute Gasteiger partial charge is 0.0912 e. The maximum Gasteiger partial charge on any atom is 0.0480 e. The Bertz CT molecular complexity index is 165. The lowest BCUT2D eigenvalue weighted by atomic mass is 10.1. The first-order chi connectivity index (χ1) is 7.56. The topological polar surface area (TPSA) is 0 Å². The van der Waals surface area contributed by atoms with Crippen molar-refractivity contribution in [2.45, 2.75) is 84.0 Å². The molecule has 0 radical (unpaired) electrons. The van der Waals surface area contributed by atoms with Gasteiger partial charge in [-0.3, -0.25) is 0 Å². The highest BCUT2D eigenvalue weighted by Crippen LogP contribution is 2.11. The summed E-state index contributed by atoms with van der Waals surface area (Å²) in [4.78, 5) is 0. The van der Waals surface area contributed by atoms with Crippen LogP contribution in [0.1, 0.15) is 58.3 Å². The zero-order chi connectivity index (χ0) is 12.3. The van der Waals surface area contributed by atoms with Crippen LogP contribution in [0.25, 0.3) is 0 Å². The van der Waals surface area contributed by atoms with E-state index in [1.807, 2.05) is 0 Å². The number of unbranched alkanes of at least 4 members (excludes halogenated alkanes) is 7.